The van der Waals surface area contributed by atoms with Gasteiger partial charge in [0.05, 0.1) is 5.69 Å². The summed E-state index contributed by atoms with van der Waals surface area (Å²) in [7, 11) is 0. The van der Waals surface area contributed by atoms with Gasteiger partial charge in [-0.1, -0.05) is 13.8 Å². The summed E-state index contributed by atoms with van der Waals surface area (Å²) >= 11 is 0. The number of nitriles is 1. The van der Waals surface area contributed by atoms with Crippen molar-refractivity contribution in [1.29, 1.82) is 5.26 Å². The number of hydrogen-bond donors (Lipinski definition) is 1. The van der Waals surface area contributed by atoms with E-state index in [4.69, 9.17) is 5.26 Å². The first-order valence-corrected chi connectivity index (χ1v) is 5.25. The molecule has 0 aromatic carbocycles. The highest BCUT2D eigenvalue weighted by molar-refractivity contribution is 5.53. The molecule has 0 fully saturated rings. The van der Waals surface area contributed by atoms with Crippen molar-refractivity contribution in [3.05, 3.63) is 24.0 Å². The summed E-state index contributed by atoms with van der Waals surface area (Å²) < 4.78 is 0. The SMILES string of the molecule is CC(C)CC(C)Nc1cccnc1C#N. The first kappa shape index (κ1) is 11.5. The summed E-state index contributed by atoms with van der Waals surface area (Å²) in [6, 6.07) is 6.17. The molecule has 1 heterocycles. The van der Waals surface area contributed by atoms with Crippen LogP contribution in [0.4, 0.5) is 5.69 Å². The van der Waals surface area contributed by atoms with Gasteiger partial charge in [0.1, 0.15) is 6.07 Å². The minimum Gasteiger partial charge on any atom is -0.380 e. The van der Waals surface area contributed by atoms with E-state index in [2.05, 4.69) is 37.1 Å². The van der Waals surface area contributed by atoms with Crippen LogP contribution >= 0.6 is 0 Å². The number of nitrogens with one attached hydrogen (secondary N) is 1. The molecular formula is C12H17N3. The van der Waals surface area contributed by atoms with E-state index >= 15 is 0 Å². The topological polar surface area (TPSA) is 48.7 Å². The molecule has 0 aliphatic rings. The summed E-state index contributed by atoms with van der Waals surface area (Å²) in [6.07, 6.45) is 2.72. The van der Waals surface area contributed by atoms with Crippen molar-refractivity contribution in [1.82, 2.24) is 4.98 Å². The van der Waals surface area contributed by atoms with Gasteiger partial charge in [0, 0.05) is 12.2 Å². The fraction of sp³-hybridized carbons (Fsp3) is 0.500. The average Bonchev–Trinajstić information content (AvgIpc) is 2.17. The molecule has 0 saturated heterocycles. The molecule has 0 amide bonds. The molecule has 3 heteroatoms. The van der Waals surface area contributed by atoms with Gasteiger partial charge >= 0.3 is 0 Å². The van der Waals surface area contributed by atoms with Crippen molar-refractivity contribution in [2.75, 3.05) is 5.32 Å². The lowest BCUT2D eigenvalue weighted by molar-refractivity contribution is 0.539. The standard InChI is InChI=1S/C12H17N3/c1-9(2)7-10(3)15-11-5-4-6-14-12(11)8-13/h4-6,9-10,15H,7H2,1-3H3. The van der Waals surface area contributed by atoms with Crippen LogP contribution in [0.15, 0.2) is 18.3 Å². The lowest BCUT2D eigenvalue weighted by atomic mass is 10.1. The first-order chi connectivity index (χ1) is 7.13. The summed E-state index contributed by atoms with van der Waals surface area (Å²) in [5, 5.41) is 12.2. The maximum absolute atomic E-state index is 8.86. The highest BCUT2D eigenvalue weighted by atomic mass is 14.9. The van der Waals surface area contributed by atoms with Crippen molar-refractivity contribution in [3.8, 4) is 6.07 Å². The van der Waals surface area contributed by atoms with Crippen LogP contribution < -0.4 is 5.32 Å². The third kappa shape index (κ3) is 3.59. The Kier molecular flexibility index (Phi) is 4.11. The van der Waals surface area contributed by atoms with Crippen LogP contribution in [0.5, 0.6) is 0 Å². The van der Waals surface area contributed by atoms with E-state index in [-0.39, 0.29) is 0 Å². The van der Waals surface area contributed by atoms with E-state index < -0.39 is 0 Å². The van der Waals surface area contributed by atoms with Gasteiger partial charge in [0.2, 0.25) is 0 Å². The summed E-state index contributed by atoms with van der Waals surface area (Å²) in [6.45, 7) is 6.49. The number of rotatable bonds is 4. The number of anilines is 1. The maximum Gasteiger partial charge on any atom is 0.163 e. The molecule has 1 aromatic rings. The molecule has 1 unspecified atom stereocenters. The Morgan fingerprint density at radius 1 is 1.47 bits per heavy atom. The number of aromatic nitrogens is 1. The first-order valence-electron chi connectivity index (χ1n) is 5.25. The van der Waals surface area contributed by atoms with Crippen molar-refractivity contribution < 1.29 is 0 Å². The Labute approximate surface area is 91.1 Å². The monoisotopic (exact) mass is 203 g/mol. The van der Waals surface area contributed by atoms with Crippen LogP contribution in [-0.2, 0) is 0 Å². The van der Waals surface area contributed by atoms with Crippen LogP contribution in [0.2, 0.25) is 0 Å². The highest BCUT2D eigenvalue weighted by Crippen LogP contribution is 2.15. The molecule has 3 nitrogen and oxygen atoms in total. The molecule has 0 bridgehead atoms. The molecule has 0 spiro atoms. The second-order valence-electron chi connectivity index (χ2n) is 4.19. The minimum atomic E-state index is 0.362. The molecule has 0 radical (unpaired) electrons. The van der Waals surface area contributed by atoms with E-state index in [1.165, 1.54) is 0 Å². The summed E-state index contributed by atoms with van der Waals surface area (Å²) in [5.74, 6) is 0.648. The molecule has 1 atom stereocenters. The lowest BCUT2D eigenvalue weighted by Gasteiger charge is -2.17. The van der Waals surface area contributed by atoms with Gasteiger partial charge in [-0.25, -0.2) is 4.98 Å². The molecule has 0 saturated carbocycles. The molecule has 0 aliphatic carbocycles. The van der Waals surface area contributed by atoms with Crippen LogP contribution in [0.3, 0.4) is 0 Å². The second kappa shape index (κ2) is 5.35. The van der Waals surface area contributed by atoms with Crippen LogP contribution in [-0.4, -0.2) is 11.0 Å². The van der Waals surface area contributed by atoms with E-state index in [1.54, 1.807) is 6.20 Å². The van der Waals surface area contributed by atoms with E-state index in [9.17, 15) is 0 Å². The smallest absolute Gasteiger partial charge is 0.163 e. The van der Waals surface area contributed by atoms with Gasteiger partial charge in [0.25, 0.3) is 0 Å². The fourth-order valence-electron chi connectivity index (χ4n) is 1.64. The quantitative estimate of drug-likeness (QED) is 0.818. The molecule has 15 heavy (non-hydrogen) atoms. The van der Waals surface area contributed by atoms with Gasteiger partial charge in [-0.05, 0) is 31.4 Å². The molecule has 1 rings (SSSR count). The Morgan fingerprint density at radius 3 is 2.80 bits per heavy atom. The number of pyridine rings is 1. The van der Waals surface area contributed by atoms with Crippen molar-refractivity contribution in [2.45, 2.75) is 33.2 Å². The van der Waals surface area contributed by atoms with Gasteiger partial charge in [-0.3, -0.25) is 0 Å². The van der Waals surface area contributed by atoms with Gasteiger partial charge in [-0.2, -0.15) is 5.26 Å². The van der Waals surface area contributed by atoms with E-state index in [0.29, 0.717) is 17.7 Å². The Bertz CT molecular complexity index is 352. The zero-order chi connectivity index (χ0) is 11.3. The largest absolute Gasteiger partial charge is 0.380 e. The Hall–Kier alpha value is -1.56. The zero-order valence-electron chi connectivity index (χ0n) is 9.49. The minimum absolute atomic E-state index is 0.362. The fourth-order valence-corrected chi connectivity index (χ4v) is 1.64. The zero-order valence-corrected chi connectivity index (χ0v) is 9.49. The lowest BCUT2D eigenvalue weighted by Crippen LogP contribution is -2.18. The summed E-state index contributed by atoms with van der Waals surface area (Å²) in [5.41, 5.74) is 1.29. The average molecular weight is 203 g/mol. The van der Waals surface area contributed by atoms with Gasteiger partial charge in [-0.15, -0.1) is 0 Å². The van der Waals surface area contributed by atoms with Crippen molar-refractivity contribution in [3.63, 3.8) is 0 Å². The van der Waals surface area contributed by atoms with Crippen LogP contribution in [0, 0.1) is 17.2 Å². The van der Waals surface area contributed by atoms with E-state index in [0.717, 1.165) is 12.1 Å². The third-order valence-electron chi connectivity index (χ3n) is 2.14. The Morgan fingerprint density at radius 2 is 2.20 bits per heavy atom. The molecule has 0 aliphatic heterocycles. The normalized spacial score (nSPS) is 12.2. The molecule has 80 valence electrons. The summed E-state index contributed by atoms with van der Waals surface area (Å²) in [4.78, 5) is 4.01. The number of nitrogens with zero attached hydrogens (tertiary/aromatic N) is 2. The Balaban J connectivity index is 2.68. The van der Waals surface area contributed by atoms with Gasteiger partial charge < -0.3 is 5.32 Å². The second-order valence-corrected chi connectivity index (χ2v) is 4.19. The number of hydrogen-bond acceptors (Lipinski definition) is 3. The highest BCUT2D eigenvalue weighted by Gasteiger charge is 2.07. The maximum atomic E-state index is 8.86. The van der Waals surface area contributed by atoms with Crippen molar-refractivity contribution in [2.24, 2.45) is 5.92 Å². The van der Waals surface area contributed by atoms with E-state index in [1.807, 2.05) is 12.1 Å². The molecular weight excluding hydrogens is 186 g/mol. The molecule has 1 N–H and O–H groups in total. The van der Waals surface area contributed by atoms with Crippen LogP contribution in [0.1, 0.15) is 32.9 Å². The predicted molar refractivity (Wildman–Crippen MR) is 61.5 cm³/mol. The van der Waals surface area contributed by atoms with Gasteiger partial charge in [0.15, 0.2) is 5.69 Å². The molecule has 1 aromatic heterocycles. The van der Waals surface area contributed by atoms with Crippen molar-refractivity contribution >= 4 is 5.69 Å². The predicted octanol–water partition coefficient (Wildman–Crippen LogP) is 2.80. The van der Waals surface area contributed by atoms with Crippen LogP contribution in [0.25, 0.3) is 0 Å². The third-order valence-corrected chi connectivity index (χ3v) is 2.14.